The summed E-state index contributed by atoms with van der Waals surface area (Å²) >= 11 is 0. The molecular formula is C24H30N4O2S. The van der Waals surface area contributed by atoms with Gasteiger partial charge in [-0.15, -0.1) is 0 Å². The second-order valence-electron chi connectivity index (χ2n) is 8.24. The SMILES string of the molecule is CCCCC1CN(S(=O)(=O)c2ccc(C)cc2)Cc2ccccc2N1Cc1cnc[nH]1. The minimum atomic E-state index is -3.60. The molecule has 0 aliphatic carbocycles. The molecule has 0 saturated carbocycles. The topological polar surface area (TPSA) is 69.3 Å². The number of fused-ring (bicyclic) bond motifs is 1. The summed E-state index contributed by atoms with van der Waals surface area (Å²) < 4.78 is 28.8. The average Bonchev–Trinajstić information content (AvgIpc) is 3.22. The van der Waals surface area contributed by atoms with Gasteiger partial charge >= 0.3 is 0 Å². The van der Waals surface area contributed by atoms with Crippen molar-refractivity contribution in [2.45, 2.75) is 57.1 Å². The summed E-state index contributed by atoms with van der Waals surface area (Å²) in [5.41, 5.74) is 4.19. The van der Waals surface area contributed by atoms with Crippen LogP contribution < -0.4 is 4.90 Å². The fraction of sp³-hybridized carbons (Fsp3) is 0.375. The zero-order valence-electron chi connectivity index (χ0n) is 18.2. The predicted octanol–water partition coefficient (Wildman–Crippen LogP) is 4.49. The predicted molar refractivity (Wildman–Crippen MR) is 123 cm³/mol. The number of aryl methyl sites for hydroxylation is 1. The molecule has 0 spiro atoms. The summed E-state index contributed by atoms with van der Waals surface area (Å²) in [6.45, 7) is 5.63. The molecule has 1 N–H and O–H groups in total. The molecule has 1 aliphatic rings. The van der Waals surface area contributed by atoms with E-state index >= 15 is 0 Å². The highest BCUT2D eigenvalue weighted by molar-refractivity contribution is 7.89. The van der Waals surface area contributed by atoms with Crippen LogP contribution in [-0.2, 0) is 23.1 Å². The highest BCUT2D eigenvalue weighted by Crippen LogP contribution is 2.33. The lowest BCUT2D eigenvalue weighted by molar-refractivity contribution is 0.366. The lowest BCUT2D eigenvalue weighted by Gasteiger charge is -2.34. The highest BCUT2D eigenvalue weighted by atomic mass is 32.2. The molecule has 6 nitrogen and oxygen atoms in total. The van der Waals surface area contributed by atoms with Crippen molar-refractivity contribution in [2.75, 3.05) is 11.4 Å². The maximum Gasteiger partial charge on any atom is 0.243 e. The van der Waals surface area contributed by atoms with E-state index in [1.54, 1.807) is 22.8 Å². The van der Waals surface area contributed by atoms with Crippen LogP contribution in [0.3, 0.4) is 0 Å². The van der Waals surface area contributed by atoms with Crippen molar-refractivity contribution in [1.82, 2.24) is 14.3 Å². The number of anilines is 1. The molecule has 1 atom stereocenters. The van der Waals surface area contributed by atoms with E-state index in [0.29, 0.717) is 24.5 Å². The van der Waals surface area contributed by atoms with Gasteiger partial charge in [0.15, 0.2) is 0 Å². The van der Waals surface area contributed by atoms with Gasteiger partial charge in [0.05, 0.1) is 23.5 Å². The molecule has 0 fully saturated rings. The Hall–Kier alpha value is -2.64. The Bertz CT molecular complexity index is 1090. The minimum absolute atomic E-state index is 0.0760. The van der Waals surface area contributed by atoms with E-state index in [0.717, 1.165) is 41.8 Å². The van der Waals surface area contributed by atoms with Crippen molar-refractivity contribution in [1.29, 1.82) is 0 Å². The number of aromatic amines is 1. The van der Waals surface area contributed by atoms with Crippen LogP contribution in [0.1, 0.15) is 43.0 Å². The van der Waals surface area contributed by atoms with Gasteiger partial charge in [0, 0.05) is 31.0 Å². The van der Waals surface area contributed by atoms with Crippen molar-refractivity contribution in [3.05, 3.63) is 77.9 Å². The fourth-order valence-corrected chi connectivity index (χ4v) is 5.66. The monoisotopic (exact) mass is 438 g/mol. The van der Waals surface area contributed by atoms with Gasteiger partial charge in [0.25, 0.3) is 0 Å². The minimum Gasteiger partial charge on any atom is -0.361 e. The molecule has 1 unspecified atom stereocenters. The van der Waals surface area contributed by atoms with Crippen molar-refractivity contribution in [3.63, 3.8) is 0 Å². The highest BCUT2D eigenvalue weighted by Gasteiger charge is 2.34. The third-order valence-corrected chi connectivity index (χ3v) is 7.77. The Morgan fingerprint density at radius 3 is 2.61 bits per heavy atom. The van der Waals surface area contributed by atoms with Crippen LogP contribution in [0.2, 0.25) is 0 Å². The summed E-state index contributed by atoms with van der Waals surface area (Å²) in [7, 11) is -3.60. The van der Waals surface area contributed by atoms with Crippen LogP contribution in [0.5, 0.6) is 0 Å². The van der Waals surface area contributed by atoms with Gasteiger partial charge in [0.1, 0.15) is 0 Å². The molecule has 2 heterocycles. The lowest BCUT2D eigenvalue weighted by Crippen LogP contribution is -2.43. The molecular weight excluding hydrogens is 408 g/mol. The molecule has 3 aromatic rings. The van der Waals surface area contributed by atoms with E-state index in [1.807, 2.05) is 43.5 Å². The van der Waals surface area contributed by atoms with Crippen LogP contribution in [-0.4, -0.2) is 35.3 Å². The van der Waals surface area contributed by atoms with E-state index in [1.165, 1.54) is 0 Å². The number of sulfonamides is 1. The molecule has 1 aliphatic heterocycles. The number of nitrogens with zero attached hydrogens (tertiary/aromatic N) is 3. The van der Waals surface area contributed by atoms with E-state index < -0.39 is 10.0 Å². The van der Waals surface area contributed by atoms with E-state index in [-0.39, 0.29) is 6.04 Å². The van der Waals surface area contributed by atoms with E-state index in [4.69, 9.17) is 0 Å². The fourth-order valence-electron chi connectivity index (χ4n) is 4.21. The van der Waals surface area contributed by atoms with Crippen molar-refractivity contribution in [2.24, 2.45) is 0 Å². The summed E-state index contributed by atoms with van der Waals surface area (Å²) in [4.78, 5) is 10.1. The van der Waals surface area contributed by atoms with Gasteiger partial charge in [-0.1, -0.05) is 55.7 Å². The van der Waals surface area contributed by atoms with E-state index in [2.05, 4.69) is 27.9 Å². The van der Waals surface area contributed by atoms with Crippen LogP contribution in [0.25, 0.3) is 0 Å². The summed E-state index contributed by atoms with van der Waals surface area (Å²) in [5.74, 6) is 0. The quantitative estimate of drug-likeness (QED) is 0.590. The van der Waals surface area contributed by atoms with Gasteiger partial charge in [-0.25, -0.2) is 13.4 Å². The molecule has 2 aromatic carbocycles. The zero-order valence-corrected chi connectivity index (χ0v) is 19.0. The van der Waals surface area contributed by atoms with E-state index in [9.17, 15) is 8.42 Å². The number of nitrogens with one attached hydrogen (secondary N) is 1. The molecule has 7 heteroatoms. The third kappa shape index (κ3) is 4.67. The molecule has 164 valence electrons. The maximum absolute atomic E-state index is 13.6. The Morgan fingerprint density at radius 2 is 1.90 bits per heavy atom. The standard InChI is InChI=1S/C24H30N4O2S/c1-3-4-8-22-17-27(31(29,30)23-12-10-19(2)11-13-23)15-20-7-5-6-9-24(20)28(22)16-21-14-25-18-26-21/h5-7,9-14,18,22H,3-4,8,15-17H2,1-2H3,(H,25,26). The van der Waals surface area contributed by atoms with Gasteiger partial charge in [-0.3, -0.25) is 0 Å². The maximum atomic E-state index is 13.6. The summed E-state index contributed by atoms with van der Waals surface area (Å²) in [6, 6.07) is 15.4. The van der Waals surface area contributed by atoms with Gasteiger partial charge in [-0.05, 0) is 37.1 Å². The smallest absolute Gasteiger partial charge is 0.243 e. The Labute approximate surface area is 185 Å². The number of hydrogen-bond acceptors (Lipinski definition) is 4. The van der Waals surface area contributed by atoms with Crippen molar-refractivity contribution < 1.29 is 8.42 Å². The lowest BCUT2D eigenvalue weighted by atomic mass is 10.1. The first kappa shape index (κ1) is 21.6. The molecule has 0 saturated heterocycles. The molecule has 0 bridgehead atoms. The summed E-state index contributed by atoms with van der Waals surface area (Å²) in [5, 5.41) is 0. The zero-order chi connectivity index (χ0) is 21.8. The molecule has 0 amide bonds. The number of hydrogen-bond donors (Lipinski definition) is 1. The first-order valence-electron chi connectivity index (χ1n) is 10.9. The first-order valence-corrected chi connectivity index (χ1v) is 12.3. The van der Waals surface area contributed by atoms with Gasteiger partial charge in [-0.2, -0.15) is 4.31 Å². The number of unbranched alkanes of at least 4 members (excludes halogenated alkanes) is 1. The normalized spacial score (nSPS) is 17.4. The third-order valence-electron chi connectivity index (χ3n) is 5.95. The average molecular weight is 439 g/mol. The Morgan fingerprint density at radius 1 is 1.13 bits per heavy atom. The summed E-state index contributed by atoms with van der Waals surface area (Å²) in [6.07, 6.45) is 6.57. The second kappa shape index (κ2) is 9.24. The number of benzene rings is 2. The van der Waals surface area contributed by atoms with Gasteiger partial charge < -0.3 is 9.88 Å². The number of imidazole rings is 1. The van der Waals surface area contributed by atoms with Gasteiger partial charge in [0.2, 0.25) is 10.0 Å². The first-order chi connectivity index (χ1) is 15.0. The molecule has 0 radical (unpaired) electrons. The van der Waals surface area contributed by atoms with Crippen LogP contribution >= 0.6 is 0 Å². The number of aromatic nitrogens is 2. The largest absolute Gasteiger partial charge is 0.361 e. The van der Waals surface area contributed by atoms with Crippen LogP contribution in [0.15, 0.2) is 66.0 Å². The Kier molecular flexibility index (Phi) is 6.43. The number of H-pyrrole nitrogens is 1. The van der Waals surface area contributed by atoms with Crippen molar-refractivity contribution in [3.8, 4) is 0 Å². The molecule has 1 aromatic heterocycles. The molecule has 4 rings (SSSR count). The molecule has 31 heavy (non-hydrogen) atoms. The van der Waals surface area contributed by atoms with Crippen LogP contribution in [0, 0.1) is 6.92 Å². The van der Waals surface area contributed by atoms with Crippen LogP contribution in [0.4, 0.5) is 5.69 Å². The van der Waals surface area contributed by atoms with Crippen molar-refractivity contribution >= 4 is 15.7 Å². The number of para-hydroxylation sites is 1. The second-order valence-corrected chi connectivity index (χ2v) is 10.2. The Balaban J connectivity index is 1.74. The number of rotatable bonds is 7.